The molecule has 7 heteroatoms. The van der Waals surface area contributed by atoms with Crippen molar-refractivity contribution in [3.63, 3.8) is 0 Å². The number of aryl methyl sites for hydroxylation is 1. The minimum Gasteiger partial charge on any atom is -0.452 e. The monoisotopic (exact) mass is 521 g/mol. The third-order valence-electron chi connectivity index (χ3n) is 5.34. The van der Waals surface area contributed by atoms with E-state index in [0.29, 0.717) is 5.11 Å². The van der Waals surface area contributed by atoms with Crippen molar-refractivity contribution >= 4 is 50.7 Å². The molecule has 1 saturated heterocycles. The molecule has 1 aliphatic heterocycles. The van der Waals surface area contributed by atoms with Crippen molar-refractivity contribution in [2.24, 2.45) is 0 Å². The molecule has 5 rings (SSSR count). The second kappa shape index (κ2) is 9.10. The third kappa shape index (κ3) is 4.33. The van der Waals surface area contributed by atoms with Gasteiger partial charge < -0.3 is 14.6 Å². The zero-order chi connectivity index (χ0) is 22.1. The predicted molar refractivity (Wildman–Crippen MR) is 136 cm³/mol. The van der Waals surface area contributed by atoms with Gasteiger partial charge in [-0.1, -0.05) is 51.5 Å². The fourth-order valence-corrected chi connectivity index (χ4v) is 5.18. The van der Waals surface area contributed by atoms with Crippen LogP contribution in [0.25, 0.3) is 0 Å². The molecule has 1 aliphatic rings. The summed E-state index contributed by atoms with van der Waals surface area (Å²) >= 11 is 10.9. The molecular formula is C25H20BrN3OS2. The number of nitrogens with one attached hydrogen (secondary N) is 1. The van der Waals surface area contributed by atoms with Gasteiger partial charge in [-0.3, -0.25) is 4.98 Å². The van der Waals surface area contributed by atoms with Gasteiger partial charge >= 0.3 is 0 Å². The lowest BCUT2D eigenvalue weighted by Crippen LogP contribution is -2.29. The molecule has 4 aromatic rings. The number of rotatable bonds is 5. The molecule has 2 atom stereocenters. The van der Waals surface area contributed by atoms with Crippen LogP contribution in [0.15, 0.2) is 104 Å². The topological polar surface area (TPSA) is 41.3 Å². The van der Waals surface area contributed by atoms with Gasteiger partial charge in [-0.2, -0.15) is 0 Å². The summed E-state index contributed by atoms with van der Waals surface area (Å²) in [5.41, 5.74) is 3.16. The first-order chi connectivity index (χ1) is 15.6. The third-order valence-corrected chi connectivity index (χ3v) is 7.11. The van der Waals surface area contributed by atoms with Gasteiger partial charge in [0.05, 0.1) is 11.7 Å². The number of aromatic nitrogens is 1. The van der Waals surface area contributed by atoms with E-state index in [-0.39, 0.29) is 12.1 Å². The van der Waals surface area contributed by atoms with Crippen LogP contribution in [0, 0.1) is 6.92 Å². The summed E-state index contributed by atoms with van der Waals surface area (Å²) in [7, 11) is 0. The Morgan fingerprint density at radius 3 is 2.50 bits per heavy atom. The molecule has 0 spiro atoms. The van der Waals surface area contributed by atoms with E-state index in [1.165, 1.54) is 5.56 Å². The van der Waals surface area contributed by atoms with Gasteiger partial charge in [-0.15, -0.1) is 0 Å². The van der Waals surface area contributed by atoms with Crippen molar-refractivity contribution in [1.29, 1.82) is 0 Å². The van der Waals surface area contributed by atoms with Gasteiger partial charge in [0.2, 0.25) is 0 Å². The summed E-state index contributed by atoms with van der Waals surface area (Å²) in [5.74, 6) is 0.838. The zero-order valence-corrected chi connectivity index (χ0v) is 20.5. The molecule has 0 amide bonds. The molecule has 2 aromatic heterocycles. The number of benzene rings is 2. The van der Waals surface area contributed by atoms with Gasteiger partial charge in [-0.05, 0) is 79.8 Å². The highest BCUT2D eigenvalue weighted by Gasteiger charge is 2.42. The van der Waals surface area contributed by atoms with Crippen molar-refractivity contribution < 1.29 is 4.42 Å². The minimum atomic E-state index is -0.161. The normalized spacial score (nSPS) is 18.1. The summed E-state index contributed by atoms with van der Waals surface area (Å²) < 4.78 is 7.38. The molecule has 1 N–H and O–H groups in total. The number of nitrogens with zero attached hydrogens (tertiary/aromatic N) is 2. The van der Waals surface area contributed by atoms with Gasteiger partial charge in [0.1, 0.15) is 11.8 Å². The summed E-state index contributed by atoms with van der Waals surface area (Å²) in [6.45, 7) is 2.09. The predicted octanol–water partition coefficient (Wildman–Crippen LogP) is 7.07. The van der Waals surface area contributed by atoms with E-state index in [9.17, 15) is 0 Å². The van der Waals surface area contributed by atoms with Crippen LogP contribution >= 0.6 is 39.9 Å². The molecule has 0 aliphatic carbocycles. The van der Waals surface area contributed by atoms with E-state index in [1.807, 2.05) is 42.5 Å². The van der Waals surface area contributed by atoms with Crippen LogP contribution < -0.4 is 10.2 Å². The van der Waals surface area contributed by atoms with Crippen LogP contribution in [-0.2, 0) is 0 Å². The van der Waals surface area contributed by atoms with Crippen molar-refractivity contribution in [1.82, 2.24) is 10.3 Å². The number of halogens is 1. The average Bonchev–Trinajstić information content (AvgIpc) is 3.40. The molecule has 0 saturated carbocycles. The van der Waals surface area contributed by atoms with Crippen molar-refractivity contribution in [3.05, 3.63) is 107 Å². The Morgan fingerprint density at radius 2 is 1.78 bits per heavy atom. The summed E-state index contributed by atoms with van der Waals surface area (Å²) in [6.07, 6.45) is 1.81. The molecule has 32 heavy (non-hydrogen) atoms. The molecule has 4 nitrogen and oxygen atoms in total. The molecule has 160 valence electrons. The van der Waals surface area contributed by atoms with Crippen LogP contribution in [0.5, 0.6) is 0 Å². The molecule has 0 bridgehead atoms. The fourth-order valence-electron chi connectivity index (χ4n) is 3.79. The summed E-state index contributed by atoms with van der Waals surface area (Å²) in [5, 5.41) is 4.96. The Balaban J connectivity index is 1.52. The van der Waals surface area contributed by atoms with Gasteiger partial charge in [0.15, 0.2) is 10.2 Å². The van der Waals surface area contributed by atoms with Crippen LogP contribution in [0.4, 0.5) is 5.69 Å². The summed E-state index contributed by atoms with van der Waals surface area (Å²) in [4.78, 5) is 7.85. The highest BCUT2D eigenvalue weighted by Crippen LogP contribution is 2.43. The quantitative estimate of drug-likeness (QED) is 0.283. The first-order valence-corrected chi connectivity index (χ1v) is 12.2. The van der Waals surface area contributed by atoms with E-state index in [1.54, 1.807) is 18.0 Å². The lowest BCUT2D eigenvalue weighted by Gasteiger charge is -2.26. The Morgan fingerprint density at radius 1 is 1.00 bits per heavy atom. The molecule has 0 unspecified atom stereocenters. The first-order valence-electron chi connectivity index (χ1n) is 10.2. The van der Waals surface area contributed by atoms with E-state index in [0.717, 1.165) is 31.6 Å². The van der Waals surface area contributed by atoms with E-state index in [2.05, 4.69) is 74.5 Å². The van der Waals surface area contributed by atoms with Crippen molar-refractivity contribution in [2.75, 3.05) is 4.90 Å². The first kappa shape index (κ1) is 21.2. The van der Waals surface area contributed by atoms with Gasteiger partial charge in [-0.25, -0.2) is 0 Å². The number of thiocarbonyl (C=S) groups is 1. The van der Waals surface area contributed by atoms with Crippen molar-refractivity contribution in [2.45, 2.75) is 29.0 Å². The number of anilines is 1. The standard InChI is InChI=1S/C25H20BrN3OS2/c1-16-5-11-19(12-6-16)32-22-14-13-21(30-22)24-23(20-4-2-3-15-27-20)28-25(31)29(24)18-9-7-17(26)8-10-18/h2-15,23-24H,1H3,(H,28,31)/t23-,24-/m1/s1. The van der Waals surface area contributed by atoms with Crippen molar-refractivity contribution in [3.8, 4) is 0 Å². The average molecular weight is 522 g/mol. The van der Waals surface area contributed by atoms with Gasteiger partial charge in [0, 0.05) is 21.3 Å². The Kier molecular flexibility index (Phi) is 6.04. The summed E-state index contributed by atoms with van der Waals surface area (Å²) in [6, 6.07) is 26.3. The molecule has 2 aromatic carbocycles. The zero-order valence-electron chi connectivity index (χ0n) is 17.2. The molecule has 1 fully saturated rings. The Bertz CT molecular complexity index is 1230. The molecular weight excluding hydrogens is 502 g/mol. The number of pyridine rings is 1. The SMILES string of the molecule is Cc1ccc(Sc2ccc([C@@H]3[C@@H](c4ccccn4)NC(=S)N3c3ccc(Br)cc3)o2)cc1. The van der Waals surface area contributed by atoms with E-state index >= 15 is 0 Å². The van der Waals surface area contributed by atoms with Crippen LogP contribution in [0.3, 0.4) is 0 Å². The number of furan rings is 1. The smallest absolute Gasteiger partial charge is 0.174 e. The van der Waals surface area contributed by atoms with Crippen LogP contribution in [-0.4, -0.2) is 10.1 Å². The largest absolute Gasteiger partial charge is 0.452 e. The van der Waals surface area contributed by atoms with Crippen LogP contribution in [0.2, 0.25) is 0 Å². The van der Waals surface area contributed by atoms with Crippen LogP contribution in [0.1, 0.15) is 29.1 Å². The maximum atomic E-state index is 6.36. The highest BCUT2D eigenvalue weighted by atomic mass is 79.9. The second-order valence-corrected chi connectivity index (χ2v) is 9.93. The highest BCUT2D eigenvalue weighted by molar-refractivity contribution is 9.10. The Labute approximate surface area is 205 Å². The Hall–Kier alpha value is -2.61. The van der Waals surface area contributed by atoms with Gasteiger partial charge in [0.25, 0.3) is 0 Å². The minimum absolute atomic E-state index is 0.129. The lowest BCUT2D eigenvalue weighted by atomic mass is 10.0. The molecule has 3 heterocycles. The van der Waals surface area contributed by atoms with E-state index < -0.39 is 0 Å². The maximum Gasteiger partial charge on any atom is 0.174 e. The number of hydrogen-bond acceptors (Lipinski definition) is 4. The second-order valence-electron chi connectivity index (χ2n) is 7.54. The number of hydrogen-bond donors (Lipinski definition) is 1. The lowest BCUT2D eigenvalue weighted by molar-refractivity contribution is 0.383. The maximum absolute atomic E-state index is 6.36. The van der Waals surface area contributed by atoms with E-state index in [4.69, 9.17) is 16.6 Å². The fraction of sp³-hybridized carbons (Fsp3) is 0.120. The molecule has 0 radical (unpaired) electrons.